The van der Waals surface area contributed by atoms with E-state index in [0.29, 0.717) is 0 Å². The summed E-state index contributed by atoms with van der Waals surface area (Å²) in [5, 5.41) is 0. The van der Waals surface area contributed by atoms with Gasteiger partial charge in [-0.2, -0.15) is 0 Å². The van der Waals surface area contributed by atoms with E-state index in [-0.39, 0.29) is 6.29 Å². The number of allylic oxidation sites excluding steroid dienone is 2. The van der Waals surface area contributed by atoms with E-state index in [2.05, 4.69) is 34.7 Å². The first kappa shape index (κ1) is 14.4. The lowest BCUT2D eigenvalue weighted by Crippen LogP contribution is -2.12. The third-order valence-electron chi connectivity index (χ3n) is 2.03. The summed E-state index contributed by atoms with van der Waals surface area (Å²) in [6.45, 7) is 0. The van der Waals surface area contributed by atoms with Gasteiger partial charge in [0.15, 0.2) is 6.29 Å². The van der Waals surface area contributed by atoms with Crippen molar-refractivity contribution in [2.75, 3.05) is 18.6 Å². The molecule has 0 radical (unpaired) electrons. The van der Waals surface area contributed by atoms with E-state index in [9.17, 15) is 0 Å². The van der Waals surface area contributed by atoms with E-state index in [1.54, 1.807) is 14.2 Å². The quantitative estimate of drug-likeness (QED) is 0.213. The van der Waals surface area contributed by atoms with Crippen molar-refractivity contribution in [3.05, 3.63) is 12.2 Å². The van der Waals surface area contributed by atoms with Gasteiger partial charge in [-0.05, 0) is 32.1 Å². The van der Waals surface area contributed by atoms with Gasteiger partial charge in [0, 0.05) is 18.6 Å². The average molecular weight is 312 g/mol. The molecule has 84 valence electrons. The van der Waals surface area contributed by atoms with Crippen LogP contribution in [0.1, 0.15) is 32.1 Å². The van der Waals surface area contributed by atoms with Crippen LogP contribution in [-0.4, -0.2) is 24.9 Å². The van der Waals surface area contributed by atoms with E-state index >= 15 is 0 Å². The van der Waals surface area contributed by atoms with E-state index in [1.807, 2.05) is 0 Å². The summed E-state index contributed by atoms with van der Waals surface area (Å²) in [5.74, 6) is 0. The molecule has 0 fully saturated rings. The van der Waals surface area contributed by atoms with Crippen LogP contribution < -0.4 is 0 Å². The van der Waals surface area contributed by atoms with Gasteiger partial charge < -0.3 is 9.47 Å². The number of rotatable bonds is 9. The number of alkyl halides is 1. The van der Waals surface area contributed by atoms with Crippen molar-refractivity contribution in [3.63, 3.8) is 0 Å². The monoisotopic (exact) mass is 312 g/mol. The largest absolute Gasteiger partial charge is 0.356 e. The van der Waals surface area contributed by atoms with Crippen molar-refractivity contribution in [3.8, 4) is 0 Å². The Labute approximate surface area is 101 Å². The Morgan fingerprint density at radius 2 is 1.71 bits per heavy atom. The van der Waals surface area contributed by atoms with E-state index in [0.717, 1.165) is 6.42 Å². The highest BCUT2D eigenvalue weighted by Crippen LogP contribution is 2.07. The number of methoxy groups -OCH3 is 2. The van der Waals surface area contributed by atoms with Gasteiger partial charge in [-0.15, -0.1) is 0 Å². The minimum atomic E-state index is -0.0201. The fraction of sp³-hybridized carbons (Fsp3) is 0.818. The van der Waals surface area contributed by atoms with Crippen LogP contribution in [0.4, 0.5) is 0 Å². The molecule has 0 aromatic heterocycles. The number of ether oxygens (including phenoxy) is 2. The van der Waals surface area contributed by atoms with Crippen molar-refractivity contribution in [1.82, 2.24) is 0 Å². The predicted octanol–water partition coefficient (Wildman–Crippen LogP) is 3.55. The molecule has 0 aromatic carbocycles. The molecule has 0 aliphatic carbocycles. The van der Waals surface area contributed by atoms with Crippen LogP contribution >= 0.6 is 22.6 Å². The third kappa shape index (κ3) is 8.97. The van der Waals surface area contributed by atoms with E-state index < -0.39 is 0 Å². The summed E-state index contributed by atoms with van der Waals surface area (Å²) in [5.41, 5.74) is 0. The number of unbranched alkanes of at least 4 members (excludes halogenated alkanes) is 2. The molecule has 2 nitrogen and oxygen atoms in total. The molecule has 0 N–H and O–H groups in total. The predicted molar refractivity (Wildman–Crippen MR) is 68.9 cm³/mol. The molecule has 0 aliphatic rings. The van der Waals surface area contributed by atoms with Crippen molar-refractivity contribution in [2.45, 2.75) is 38.4 Å². The zero-order valence-electron chi connectivity index (χ0n) is 9.17. The summed E-state index contributed by atoms with van der Waals surface area (Å²) in [6, 6.07) is 0. The second-order valence-electron chi connectivity index (χ2n) is 3.13. The van der Waals surface area contributed by atoms with Crippen LogP contribution in [0.5, 0.6) is 0 Å². The minimum Gasteiger partial charge on any atom is -0.356 e. The van der Waals surface area contributed by atoms with Crippen molar-refractivity contribution >= 4 is 22.6 Å². The highest BCUT2D eigenvalue weighted by Gasteiger charge is 2.02. The van der Waals surface area contributed by atoms with Gasteiger partial charge in [-0.1, -0.05) is 34.7 Å². The smallest absolute Gasteiger partial charge is 0.156 e. The van der Waals surface area contributed by atoms with Crippen LogP contribution in [0.25, 0.3) is 0 Å². The molecule has 0 heterocycles. The third-order valence-corrected chi connectivity index (χ3v) is 2.65. The van der Waals surface area contributed by atoms with Gasteiger partial charge in [0.1, 0.15) is 0 Å². The molecular weight excluding hydrogens is 291 g/mol. The Bertz CT molecular complexity index is 133. The first-order valence-electron chi connectivity index (χ1n) is 5.11. The minimum absolute atomic E-state index is 0.0201. The number of hydrogen-bond acceptors (Lipinski definition) is 2. The Morgan fingerprint density at radius 3 is 2.29 bits per heavy atom. The van der Waals surface area contributed by atoms with Gasteiger partial charge in [-0.3, -0.25) is 0 Å². The Kier molecular flexibility index (Phi) is 11.8. The van der Waals surface area contributed by atoms with Gasteiger partial charge >= 0.3 is 0 Å². The highest BCUT2D eigenvalue weighted by atomic mass is 127. The fourth-order valence-corrected chi connectivity index (χ4v) is 1.56. The lowest BCUT2D eigenvalue weighted by molar-refractivity contribution is -0.107. The van der Waals surface area contributed by atoms with Crippen LogP contribution in [0.2, 0.25) is 0 Å². The average Bonchev–Trinajstić information content (AvgIpc) is 2.22. The molecule has 0 rings (SSSR count). The molecule has 0 spiro atoms. The van der Waals surface area contributed by atoms with Crippen LogP contribution in [0, 0.1) is 0 Å². The van der Waals surface area contributed by atoms with Crippen molar-refractivity contribution in [2.24, 2.45) is 0 Å². The van der Waals surface area contributed by atoms with Gasteiger partial charge in [0.25, 0.3) is 0 Å². The molecule has 0 atom stereocenters. The molecule has 0 aliphatic heterocycles. The van der Waals surface area contributed by atoms with Crippen molar-refractivity contribution < 1.29 is 9.47 Å². The summed E-state index contributed by atoms with van der Waals surface area (Å²) in [6.07, 6.45) is 10.3. The SMILES string of the molecule is COC(CCCC/C=C\CCI)OC. The second kappa shape index (κ2) is 11.5. The standard InChI is InChI=1S/C11H21IO2/c1-13-11(14-2)9-7-5-3-4-6-8-10-12/h4,6,11H,3,5,7-10H2,1-2H3/b6-4-. The molecule has 14 heavy (non-hydrogen) atoms. The molecule has 0 bridgehead atoms. The van der Waals surface area contributed by atoms with Gasteiger partial charge in [0.05, 0.1) is 0 Å². The first-order chi connectivity index (χ1) is 6.85. The molecule has 0 unspecified atom stereocenters. The topological polar surface area (TPSA) is 18.5 Å². The van der Waals surface area contributed by atoms with Gasteiger partial charge in [0.2, 0.25) is 0 Å². The maximum Gasteiger partial charge on any atom is 0.156 e. The van der Waals surface area contributed by atoms with Crippen LogP contribution in [0.3, 0.4) is 0 Å². The number of halogens is 1. The molecule has 0 amide bonds. The highest BCUT2D eigenvalue weighted by molar-refractivity contribution is 14.1. The van der Waals surface area contributed by atoms with Crippen LogP contribution in [0.15, 0.2) is 12.2 Å². The molecule has 3 heteroatoms. The molecule has 0 saturated heterocycles. The lowest BCUT2D eigenvalue weighted by Gasteiger charge is -2.11. The molecule has 0 aromatic rings. The summed E-state index contributed by atoms with van der Waals surface area (Å²) in [7, 11) is 3.38. The first-order valence-corrected chi connectivity index (χ1v) is 6.64. The fourth-order valence-electron chi connectivity index (χ4n) is 1.20. The van der Waals surface area contributed by atoms with Crippen molar-refractivity contribution in [1.29, 1.82) is 0 Å². The zero-order chi connectivity index (χ0) is 10.6. The Hall–Kier alpha value is 0.390. The summed E-state index contributed by atoms with van der Waals surface area (Å²) in [4.78, 5) is 0. The van der Waals surface area contributed by atoms with E-state index in [4.69, 9.17) is 9.47 Å². The zero-order valence-corrected chi connectivity index (χ0v) is 11.3. The normalized spacial score (nSPS) is 11.7. The second-order valence-corrected chi connectivity index (χ2v) is 4.21. The van der Waals surface area contributed by atoms with E-state index in [1.165, 1.54) is 30.1 Å². The maximum atomic E-state index is 5.10. The summed E-state index contributed by atoms with van der Waals surface area (Å²) >= 11 is 2.39. The molecular formula is C11H21IO2. The Morgan fingerprint density at radius 1 is 1.07 bits per heavy atom. The lowest BCUT2D eigenvalue weighted by atomic mass is 10.2. The Balaban J connectivity index is 3.19. The summed E-state index contributed by atoms with van der Waals surface area (Å²) < 4.78 is 11.4. The maximum absolute atomic E-state index is 5.10. The molecule has 0 saturated carbocycles. The van der Waals surface area contributed by atoms with Gasteiger partial charge in [-0.25, -0.2) is 0 Å². The van der Waals surface area contributed by atoms with Crippen LogP contribution in [-0.2, 0) is 9.47 Å². The number of hydrogen-bond donors (Lipinski definition) is 0.